The van der Waals surface area contributed by atoms with E-state index in [1.165, 1.54) is 0 Å². The molecule has 1 saturated heterocycles. The Bertz CT molecular complexity index is 400. The van der Waals surface area contributed by atoms with Crippen LogP contribution in [0.3, 0.4) is 0 Å². The van der Waals surface area contributed by atoms with Crippen molar-refractivity contribution >= 4 is 11.9 Å². The zero-order chi connectivity index (χ0) is 12.8. The van der Waals surface area contributed by atoms with Gasteiger partial charge in [-0.25, -0.2) is 9.97 Å². The second-order valence-corrected chi connectivity index (χ2v) is 4.23. The number of aromatic nitrogens is 2. The first-order chi connectivity index (χ1) is 8.81. The van der Waals surface area contributed by atoms with Crippen molar-refractivity contribution < 1.29 is 9.53 Å². The van der Waals surface area contributed by atoms with Gasteiger partial charge in [-0.3, -0.25) is 4.79 Å². The first-order valence-corrected chi connectivity index (χ1v) is 6.10. The number of carbonyl (C=O) groups is 1. The minimum atomic E-state index is -0.122. The minimum Gasteiger partial charge on any atom is -0.461 e. The lowest BCUT2D eigenvalue weighted by molar-refractivity contribution is -0.147. The normalized spacial score (nSPS) is 16.3. The molecule has 0 spiro atoms. The van der Waals surface area contributed by atoms with E-state index in [0.29, 0.717) is 6.61 Å². The largest absolute Gasteiger partial charge is 0.461 e. The smallest absolute Gasteiger partial charge is 0.309 e. The van der Waals surface area contributed by atoms with Crippen LogP contribution >= 0.6 is 0 Å². The Hall–Kier alpha value is -1.91. The van der Waals surface area contributed by atoms with Crippen LogP contribution in [-0.4, -0.2) is 35.6 Å². The van der Waals surface area contributed by atoms with E-state index >= 15 is 0 Å². The standard InChI is InChI=1S/C13H17N3O2/c1-2-10-18-12(17)11-4-8-16(9-5-11)13-14-6-3-7-15-13/h2-3,6-7,11H,1,4-5,8-10H2. The van der Waals surface area contributed by atoms with Crippen LogP contribution in [0.5, 0.6) is 0 Å². The lowest BCUT2D eigenvalue weighted by atomic mass is 9.97. The second kappa shape index (κ2) is 6.14. The van der Waals surface area contributed by atoms with E-state index in [-0.39, 0.29) is 11.9 Å². The maximum atomic E-state index is 11.7. The zero-order valence-electron chi connectivity index (χ0n) is 10.3. The lowest BCUT2D eigenvalue weighted by Crippen LogP contribution is -2.37. The highest BCUT2D eigenvalue weighted by atomic mass is 16.5. The molecule has 0 unspecified atom stereocenters. The Morgan fingerprint density at radius 2 is 2.11 bits per heavy atom. The van der Waals surface area contributed by atoms with Gasteiger partial charge in [-0.15, -0.1) is 0 Å². The molecule has 0 saturated carbocycles. The summed E-state index contributed by atoms with van der Waals surface area (Å²) in [6, 6.07) is 1.79. The summed E-state index contributed by atoms with van der Waals surface area (Å²) in [5.41, 5.74) is 0. The quantitative estimate of drug-likeness (QED) is 0.595. The molecular formula is C13H17N3O2. The van der Waals surface area contributed by atoms with E-state index in [9.17, 15) is 4.79 Å². The number of hydrogen-bond acceptors (Lipinski definition) is 5. The van der Waals surface area contributed by atoms with Crippen molar-refractivity contribution in [3.63, 3.8) is 0 Å². The molecule has 1 aromatic rings. The number of piperidine rings is 1. The number of ether oxygens (including phenoxy) is 1. The topological polar surface area (TPSA) is 55.3 Å². The molecule has 1 fully saturated rings. The first-order valence-electron chi connectivity index (χ1n) is 6.10. The van der Waals surface area contributed by atoms with Gasteiger partial charge in [0.1, 0.15) is 6.61 Å². The molecule has 1 aromatic heterocycles. The van der Waals surface area contributed by atoms with E-state index in [1.807, 2.05) is 0 Å². The van der Waals surface area contributed by atoms with Gasteiger partial charge in [0.25, 0.3) is 0 Å². The monoisotopic (exact) mass is 247 g/mol. The Kier molecular flexibility index (Phi) is 4.28. The van der Waals surface area contributed by atoms with Gasteiger partial charge in [0, 0.05) is 25.5 Å². The summed E-state index contributed by atoms with van der Waals surface area (Å²) in [6.45, 7) is 5.40. The number of anilines is 1. The predicted molar refractivity (Wildman–Crippen MR) is 68.1 cm³/mol. The molecule has 96 valence electrons. The summed E-state index contributed by atoms with van der Waals surface area (Å²) in [4.78, 5) is 22.2. The van der Waals surface area contributed by atoms with Crippen molar-refractivity contribution in [2.24, 2.45) is 5.92 Å². The van der Waals surface area contributed by atoms with Crippen molar-refractivity contribution in [2.45, 2.75) is 12.8 Å². The Balaban J connectivity index is 1.84. The van der Waals surface area contributed by atoms with Crippen molar-refractivity contribution in [2.75, 3.05) is 24.6 Å². The van der Waals surface area contributed by atoms with E-state index in [1.54, 1.807) is 24.5 Å². The molecule has 5 heteroatoms. The summed E-state index contributed by atoms with van der Waals surface area (Å²) in [6.07, 6.45) is 6.62. The molecule has 2 rings (SSSR count). The van der Waals surface area contributed by atoms with Gasteiger partial charge in [0.05, 0.1) is 5.92 Å². The van der Waals surface area contributed by atoms with Crippen LogP contribution in [0, 0.1) is 5.92 Å². The number of carbonyl (C=O) groups excluding carboxylic acids is 1. The highest BCUT2D eigenvalue weighted by Gasteiger charge is 2.26. The Labute approximate surface area is 106 Å². The molecular weight excluding hydrogens is 230 g/mol. The van der Waals surface area contributed by atoms with Gasteiger partial charge < -0.3 is 9.64 Å². The number of esters is 1. The predicted octanol–water partition coefficient (Wildman–Crippen LogP) is 1.42. The summed E-state index contributed by atoms with van der Waals surface area (Å²) in [5.74, 6) is 0.601. The molecule has 0 N–H and O–H groups in total. The van der Waals surface area contributed by atoms with Crippen LogP contribution < -0.4 is 4.90 Å². The molecule has 0 bridgehead atoms. The fourth-order valence-electron chi connectivity index (χ4n) is 2.03. The average Bonchev–Trinajstić information content (AvgIpc) is 2.46. The summed E-state index contributed by atoms with van der Waals surface area (Å²) < 4.78 is 5.06. The first kappa shape index (κ1) is 12.5. The third-order valence-electron chi connectivity index (χ3n) is 3.01. The molecule has 5 nitrogen and oxygen atoms in total. The third kappa shape index (κ3) is 3.06. The van der Waals surface area contributed by atoms with Crippen LogP contribution in [0.1, 0.15) is 12.8 Å². The highest BCUT2D eigenvalue weighted by molar-refractivity contribution is 5.72. The molecule has 0 aromatic carbocycles. The fourth-order valence-corrected chi connectivity index (χ4v) is 2.03. The van der Waals surface area contributed by atoms with Crippen molar-refractivity contribution in [3.05, 3.63) is 31.1 Å². The average molecular weight is 247 g/mol. The SMILES string of the molecule is C=CCOC(=O)C1CCN(c2ncccn2)CC1. The van der Waals surface area contributed by atoms with Gasteiger partial charge in [0.15, 0.2) is 0 Å². The molecule has 0 radical (unpaired) electrons. The van der Waals surface area contributed by atoms with E-state index in [4.69, 9.17) is 4.74 Å². The molecule has 0 atom stereocenters. The molecule has 18 heavy (non-hydrogen) atoms. The second-order valence-electron chi connectivity index (χ2n) is 4.23. The van der Waals surface area contributed by atoms with Gasteiger partial charge >= 0.3 is 5.97 Å². The third-order valence-corrected chi connectivity index (χ3v) is 3.01. The fraction of sp³-hybridized carbons (Fsp3) is 0.462. The van der Waals surface area contributed by atoms with E-state index in [2.05, 4.69) is 21.4 Å². The zero-order valence-corrected chi connectivity index (χ0v) is 10.3. The van der Waals surface area contributed by atoms with Crippen LogP contribution in [-0.2, 0) is 9.53 Å². The van der Waals surface area contributed by atoms with Crippen LogP contribution in [0.4, 0.5) is 5.95 Å². The number of hydrogen-bond donors (Lipinski definition) is 0. The minimum absolute atomic E-state index is 0.00934. The van der Waals surface area contributed by atoms with Crippen LogP contribution in [0.15, 0.2) is 31.1 Å². The maximum Gasteiger partial charge on any atom is 0.309 e. The number of rotatable bonds is 4. The summed E-state index contributed by atoms with van der Waals surface area (Å²) in [7, 11) is 0. The molecule has 0 amide bonds. The van der Waals surface area contributed by atoms with Gasteiger partial charge in [-0.05, 0) is 18.9 Å². The molecule has 2 heterocycles. The Morgan fingerprint density at radius 1 is 1.44 bits per heavy atom. The van der Waals surface area contributed by atoms with Crippen molar-refractivity contribution in [3.8, 4) is 0 Å². The Morgan fingerprint density at radius 3 is 2.72 bits per heavy atom. The van der Waals surface area contributed by atoms with Crippen LogP contribution in [0.25, 0.3) is 0 Å². The highest BCUT2D eigenvalue weighted by Crippen LogP contribution is 2.21. The molecule has 1 aliphatic rings. The summed E-state index contributed by atoms with van der Waals surface area (Å²) >= 11 is 0. The van der Waals surface area contributed by atoms with Crippen molar-refractivity contribution in [1.82, 2.24) is 9.97 Å². The van der Waals surface area contributed by atoms with E-state index < -0.39 is 0 Å². The van der Waals surface area contributed by atoms with E-state index in [0.717, 1.165) is 31.9 Å². The summed E-state index contributed by atoms with van der Waals surface area (Å²) in [5, 5.41) is 0. The molecule has 1 aliphatic heterocycles. The lowest BCUT2D eigenvalue weighted by Gasteiger charge is -2.30. The van der Waals surface area contributed by atoms with Gasteiger partial charge in [-0.1, -0.05) is 12.7 Å². The maximum absolute atomic E-state index is 11.7. The number of nitrogens with zero attached hydrogens (tertiary/aromatic N) is 3. The van der Waals surface area contributed by atoms with Crippen LogP contribution in [0.2, 0.25) is 0 Å². The van der Waals surface area contributed by atoms with Crippen molar-refractivity contribution in [1.29, 1.82) is 0 Å². The molecule has 0 aliphatic carbocycles. The van der Waals surface area contributed by atoms with Gasteiger partial charge in [0.2, 0.25) is 5.95 Å². The van der Waals surface area contributed by atoms with Gasteiger partial charge in [-0.2, -0.15) is 0 Å².